The first-order valence-electron chi connectivity index (χ1n) is 9.96. The summed E-state index contributed by atoms with van der Waals surface area (Å²) >= 11 is 0. The number of anilines is 2. The lowest BCUT2D eigenvalue weighted by Crippen LogP contribution is -2.23. The highest BCUT2D eigenvalue weighted by atomic mass is 16.2. The second kappa shape index (κ2) is 8.31. The van der Waals surface area contributed by atoms with Gasteiger partial charge in [0.15, 0.2) is 0 Å². The second-order valence-corrected chi connectivity index (χ2v) is 7.15. The Morgan fingerprint density at radius 3 is 2.52 bits per heavy atom. The molecule has 0 bridgehead atoms. The quantitative estimate of drug-likeness (QED) is 0.697. The van der Waals surface area contributed by atoms with E-state index in [0.29, 0.717) is 30.6 Å². The Morgan fingerprint density at radius 1 is 1.10 bits per heavy atom. The topological polar surface area (TPSA) is 67.2 Å². The summed E-state index contributed by atoms with van der Waals surface area (Å²) in [6.07, 6.45) is 3.84. The molecular weight excluding hydrogens is 364 g/mol. The maximum absolute atomic E-state index is 12.8. The summed E-state index contributed by atoms with van der Waals surface area (Å²) in [7, 11) is 0. The third kappa shape index (κ3) is 4.06. The van der Waals surface area contributed by atoms with Gasteiger partial charge in [-0.2, -0.15) is 5.10 Å². The van der Waals surface area contributed by atoms with Gasteiger partial charge in [-0.1, -0.05) is 37.3 Å². The lowest BCUT2D eigenvalue weighted by atomic mass is 10.1. The number of nitrogens with one attached hydrogen (secondary N) is 1. The minimum absolute atomic E-state index is 0.153. The number of aromatic nitrogens is 2. The van der Waals surface area contributed by atoms with Crippen LogP contribution in [-0.4, -0.2) is 28.1 Å². The number of amides is 2. The number of hydrogen-bond acceptors (Lipinski definition) is 3. The van der Waals surface area contributed by atoms with Crippen molar-refractivity contribution in [3.05, 3.63) is 77.6 Å². The molecule has 4 rings (SSSR count). The standard InChI is InChI=1S/C23H24N4O2/c1-2-21-20(15-24-27(21)16-17-7-4-3-5-8-17)23(29)25-18-10-12-19(13-11-18)26-14-6-9-22(26)28/h3-5,7-8,10-13,15H,2,6,9,14,16H2,1H3,(H,25,29). The lowest BCUT2D eigenvalue weighted by molar-refractivity contribution is -0.117. The van der Waals surface area contributed by atoms with E-state index in [-0.39, 0.29) is 11.8 Å². The van der Waals surface area contributed by atoms with E-state index >= 15 is 0 Å². The smallest absolute Gasteiger partial charge is 0.259 e. The van der Waals surface area contributed by atoms with Gasteiger partial charge in [0, 0.05) is 24.3 Å². The number of carbonyl (C=O) groups excluding carboxylic acids is 2. The summed E-state index contributed by atoms with van der Waals surface area (Å²) in [4.78, 5) is 26.5. The van der Waals surface area contributed by atoms with Crippen molar-refractivity contribution in [2.24, 2.45) is 0 Å². The highest BCUT2D eigenvalue weighted by molar-refractivity contribution is 6.05. The minimum atomic E-state index is -0.175. The molecule has 0 unspecified atom stereocenters. The first-order chi connectivity index (χ1) is 14.2. The fourth-order valence-electron chi connectivity index (χ4n) is 3.71. The average Bonchev–Trinajstić information content (AvgIpc) is 3.35. The summed E-state index contributed by atoms with van der Waals surface area (Å²) in [5, 5.41) is 7.37. The minimum Gasteiger partial charge on any atom is -0.322 e. The van der Waals surface area contributed by atoms with E-state index in [1.807, 2.05) is 66.2 Å². The Kier molecular flexibility index (Phi) is 5.42. The molecule has 1 aliphatic heterocycles. The van der Waals surface area contributed by atoms with Gasteiger partial charge in [0.2, 0.25) is 5.91 Å². The third-order valence-corrected chi connectivity index (χ3v) is 5.21. The maximum atomic E-state index is 12.8. The summed E-state index contributed by atoms with van der Waals surface area (Å²) in [6, 6.07) is 17.5. The normalized spacial score (nSPS) is 13.7. The van der Waals surface area contributed by atoms with Gasteiger partial charge in [-0.25, -0.2) is 0 Å². The van der Waals surface area contributed by atoms with Gasteiger partial charge >= 0.3 is 0 Å². The van der Waals surface area contributed by atoms with Crippen LogP contribution in [0, 0.1) is 0 Å². The lowest BCUT2D eigenvalue weighted by Gasteiger charge is -2.16. The summed E-state index contributed by atoms with van der Waals surface area (Å²) in [5.41, 5.74) is 4.20. The van der Waals surface area contributed by atoms with E-state index in [9.17, 15) is 9.59 Å². The Bertz CT molecular complexity index is 1010. The zero-order valence-electron chi connectivity index (χ0n) is 16.5. The molecule has 1 saturated heterocycles. The van der Waals surface area contributed by atoms with E-state index in [2.05, 4.69) is 10.4 Å². The molecule has 1 aromatic heterocycles. The largest absolute Gasteiger partial charge is 0.322 e. The zero-order chi connectivity index (χ0) is 20.2. The molecule has 6 heteroatoms. The molecule has 0 atom stereocenters. The van der Waals surface area contributed by atoms with Crippen molar-refractivity contribution in [3.8, 4) is 0 Å². The van der Waals surface area contributed by atoms with Crippen LogP contribution in [-0.2, 0) is 17.8 Å². The van der Waals surface area contributed by atoms with Crippen LogP contribution in [0.2, 0.25) is 0 Å². The van der Waals surface area contributed by atoms with E-state index in [4.69, 9.17) is 0 Å². The molecule has 6 nitrogen and oxygen atoms in total. The number of nitrogens with zero attached hydrogens (tertiary/aromatic N) is 3. The van der Waals surface area contributed by atoms with Crippen molar-refractivity contribution in [2.75, 3.05) is 16.8 Å². The number of carbonyl (C=O) groups is 2. The Balaban J connectivity index is 1.47. The van der Waals surface area contributed by atoms with Crippen molar-refractivity contribution in [1.29, 1.82) is 0 Å². The molecular formula is C23H24N4O2. The molecule has 3 aromatic rings. The van der Waals surface area contributed by atoms with E-state index in [1.54, 1.807) is 11.1 Å². The van der Waals surface area contributed by atoms with Crippen LogP contribution >= 0.6 is 0 Å². The number of hydrogen-bond donors (Lipinski definition) is 1. The first-order valence-corrected chi connectivity index (χ1v) is 9.96. The van der Waals surface area contributed by atoms with Gasteiger partial charge in [-0.15, -0.1) is 0 Å². The monoisotopic (exact) mass is 388 g/mol. The maximum Gasteiger partial charge on any atom is 0.259 e. The molecule has 29 heavy (non-hydrogen) atoms. The molecule has 1 aliphatic rings. The predicted molar refractivity (Wildman–Crippen MR) is 113 cm³/mol. The highest BCUT2D eigenvalue weighted by Crippen LogP contribution is 2.23. The van der Waals surface area contributed by atoms with Crippen LogP contribution in [0.4, 0.5) is 11.4 Å². The second-order valence-electron chi connectivity index (χ2n) is 7.15. The van der Waals surface area contributed by atoms with E-state index in [1.165, 1.54) is 0 Å². The van der Waals surface area contributed by atoms with Crippen LogP contribution in [0.15, 0.2) is 60.8 Å². The van der Waals surface area contributed by atoms with Crippen LogP contribution in [0.25, 0.3) is 0 Å². The SMILES string of the molecule is CCc1c(C(=O)Nc2ccc(N3CCCC3=O)cc2)cnn1Cc1ccccc1. The Hall–Kier alpha value is -3.41. The van der Waals surface area contributed by atoms with Crippen molar-refractivity contribution < 1.29 is 9.59 Å². The van der Waals surface area contributed by atoms with Gasteiger partial charge in [-0.3, -0.25) is 14.3 Å². The van der Waals surface area contributed by atoms with Gasteiger partial charge in [0.05, 0.1) is 24.0 Å². The van der Waals surface area contributed by atoms with E-state index < -0.39 is 0 Å². The molecule has 0 aliphatic carbocycles. The van der Waals surface area contributed by atoms with Crippen LogP contribution in [0.5, 0.6) is 0 Å². The first kappa shape index (κ1) is 18.9. The van der Waals surface area contributed by atoms with Crippen molar-refractivity contribution in [1.82, 2.24) is 9.78 Å². The van der Waals surface area contributed by atoms with Crippen molar-refractivity contribution in [2.45, 2.75) is 32.7 Å². The van der Waals surface area contributed by atoms with Crippen molar-refractivity contribution >= 4 is 23.2 Å². The molecule has 2 aromatic carbocycles. The Labute approximate surface area is 170 Å². The molecule has 0 saturated carbocycles. The fourth-order valence-corrected chi connectivity index (χ4v) is 3.71. The molecule has 148 valence electrons. The summed E-state index contributed by atoms with van der Waals surface area (Å²) < 4.78 is 1.88. The summed E-state index contributed by atoms with van der Waals surface area (Å²) in [6.45, 7) is 3.41. The Morgan fingerprint density at radius 2 is 1.86 bits per heavy atom. The van der Waals surface area contributed by atoms with Gasteiger partial charge in [0.1, 0.15) is 0 Å². The van der Waals surface area contributed by atoms with Gasteiger partial charge in [0.25, 0.3) is 5.91 Å². The molecule has 1 N–H and O–H groups in total. The van der Waals surface area contributed by atoms with Crippen LogP contribution in [0.3, 0.4) is 0 Å². The van der Waals surface area contributed by atoms with Crippen LogP contribution in [0.1, 0.15) is 41.4 Å². The van der Waals surface area contributed by atoms with E-state index in [0.717, 1.165) is 29.9 Å². The highest BCUT2D eigenvalue weighted by Gasteiger charge is 2.22. The molecule has 2 heterocycles. The third-order valence-electron chi connectivity index (χ3n) is 5.21. The number of benzene rings is 2. The van der Waals surface area contributed by atoms with Crippen molar-refractivity contribution in [3.63, 3.8) is 0 Å². The zero-order valence-corrected chi connectivity index (χ0v) is 16.5. The molecule has 0 spiro atoms. The van der Waals surface area contributed by atoms with Crippen LogP contribution < -0.4 is 10.2 Å². The molecule has 1 fully saturated rings. The fraction of sp³-hybridized carbons (Fsp3) is 0.261. The predicted octanol–water partition coefficient (Wildman–Crippen LogP) is 3.87. The average molecular weight is 388 g/mol. The molecule has 2 amide bonds. The summed E-state index contributed by atoms with van der Waals surface area (Å²) in [5.74, 6) is -0.0219. The van der Waals surface area contributed by atoms with Gasteiger partial charge < -0.3 is 10.2 Å². The molecule has 0 radical (unpaired) electrons. The number of rotatable bonds is 6. The van der Waals surface area contributed by atoms with Gasteiger partial charge in [-0.05, 0) is 42.7 Å².